The Balaban J connectivity index is 2.16. The van der Waals surface area contributed by atoms with Gasteiger partial charge in [-0.3, -0.25) is 9.79 Å². The molecule has 0 saturated carbocycles. The Bertz CT molecular complexity index is 528. The number of nitrogens with zero attached hydrogens (tertiary/aromatic N) is 2. The molecule has 0 aliphatic heterocycles. The number of aromatic nitrogens is 1. The van der Waals surface area contributed by atoms with E-state index in [1.54, 1.807) is 16.7 Å². The van der Waals surface area contributed by atoms with Crippen LogP contribution in [-0.4, -0.2) is 43.4 Å². The van der Waals surface area contributed by atoms with Crippen LogP contribution in [0.4, 0.5) is 0 Å². The Labute approximate surface area is 151 Å². The summed E-state index contributed by atoms with van der Waals surface area (Å²) in [5, 5.41) is 6.60. The maximum absolute atomic E-state index is 11.6. The van der Waals surface area contributed by atoms with E-state index >= 15 is 0 Å². The summed E-state index contributed by atoms with van der Waals surface area (Å²) < 4.78 is 7.29. The molecule has 0 radical (unpaired) electrons. The topological polar surface area (TPSA) is 67.7 Å². The van der Waals surface area contributed by atoms with Gasteiger partial charge in [-0.05, 0) is 38.7 Å². The molecule has 0 saturated heterocycles. The molecule has 0 aliphatic rings. The standard InChI is InChI=1S/C19H34N4O2/c1-3-5-16-25-17-10-13-22-19(20-4-2)21-12-7-9-15-23-14-8-6-11-18(23)24/h6,8,11,14H,3-5,7,9-10,12-13,15-17H2,1-2H3,(H2,20,21,22). The van der Waals surface area contributed by atoms with Crippen molar-refractivity contribution in [3.8, 4) is 0 Å². The minimum Gasteiger partial charge on any atom is -0.381 e. The first-order valence-electron chi connectivity index (χ1n) is 9.53. The smallest absolute Gasteiger partial charge is 0.250 e. The van der Waals surface area contributed by atoms with Gasteiger partial charge in [0.15, 0.2) is 5.96 Å². The summed E-state index contributed by atoms with van der Waals surface area (Å²) in [5.74, 6) is 0.855. The summed E-state index contributed by atoms with van der Waals surface area (Å²) in [7, 11) is 0. The first-order valence-corrected chi connectivity index (χ1v) is 9.53. The molecule has 6 nitrogen and oxygen atoms in total. The number of aliphatic imine (C=N–C) groups is 1. The highest BCUT2D eigenvalue weighted by molar-refractivity contribution is 5.79. The Morgan fingerprint density at radius 1 is 1.12 bits per heavy atom. The highest BCUT2D eigenvalue weighted by Crippen LogP contribution is 1.93. The van der Waals surface area contributed by atoms with E-state index in [9.17, 15) is 4.79 Å². The zero-order valence-electron chi connectivity index (χ0n) is 15.8. The van der Waals surface area contributed by atoms with Gasteiger partial charge in [0.1, 0.15) is 0 Å². The lowest BCUT2D eigenvalue weighted by molar-refractivity contribution is 0.130. The van der Waals surface area contributed by atoms with Crippen LogP contribution in [0.25, 0.3) is 0 Å². The molecule has 2 N–H and O–H groups in total. The lowest BCUT2D eigenvalue weighted by atomic mass is 10.3. The van der Waals surface area contributed by atoms with Gasteiger partial charge < -0.3 is 19.9 Å². The first kappa shape index (κ1) is 21.2. The second-order valence-corrected chi connectivity index (χ2v) is 5.95. The van der Waals surface area contributed by atoms with Crippen molar-refractivity contribution in [1.29, 1.82) is 0 Å². The van der Waals surface area contributed by atoms with Crippen molar-refractivity contribution >= 4 is 5.96 Å². The Morgan fingerprint density at radius 3 is 2.72 bits per heavy atom. The van der Waals surface area contributed by atoms with Crippen LogP contribution < -0.4 is 16.2 Å². The molecule has 1 heterocycles. The van der Waals surface area contributed by atoms with E-state index in [2.05, 4.69) is 29.5 Å². The maximum atomic E-state index is 11.6. The lowest BCUT2D eigenvalue weighted by Crippen LogP contribution is -2.38. The van der Waals surface area contributed by atoms with Gasteiger partial charge in [-0.2, -0.15) is 0 Å². The third-order valence-electron chi connectivity index (χ3n) is 3.72. The monoisotopic (exact) mass is 350 g/mol. The molecular formula is C19H34N4O2. The summed E-state index contributed by atoms with van der Waals surface area (Å²) >= 11 is 0. The van der Waals surface area contributed by atoms with Gasteiger partial charge in [-0.1, -0.05) is 19.4 Å². The van der Waals surface area contributed by atoms with Crippen molar-refractivity contribution in [2.45, 2.75) is 52.5 Å². The van der Waals surface area contributed by atoms with E-state index < -0.39 is 0 Å². The van der Waals surface area contributed by atoms with Crippen molar-refractivity contribution in [3.63, 3.8) is 0 Å². The number of aryl methyl sites for hydroxylation is 1. The van der Waals surface area contributed by atoms with Gasteiger partial charge in [0.2, 0.25) is 5.56 Å². The highest BCUT2D eigenvalue weighted by Gasteiger charge is 1.98. The summed E-state index contributed by atoms with van der Waals surface area (Å²) in [5.41, 5.74) is 0.0616. The minimum absolute atomic E-state index is 0.0616. The normalized spacial score (nSPS) is 11.5. The number of hydrogen-bond donors (Lipinski definition) is 2. The van der Waals surface area contributed by atoms with Gasteiger partial charge in [0, 0.05) is 51.7 Å². The van der Waals surface area contributed by atoms with E-state index in [-0.39, 0.29) is 5.56 Å². The molecule has 1 rings (SSSR count). The molecule has 1 aromatic rings. The number of rotatable bonds is 13. The Kier molecular flexibility index (Phi) is 12.3. The van der Waals surface area contributed by atoms with Crippen molar-refractivity contribution in [2.75, 3.05) is 32.8 Å². The molecule has 0 aromatic carbocycles. The van der Waals surface area contributed by atoms with E-state index in [1.807, 2.05) is 12.3 Å². The molecule has 0 unspecified atom stereocenters. The summed E-state index contributed by atoms with van der Waals surface area (Å²) in [6.45, 7) is 9.06. The van der Waals surface area contributed by atoms with Crippen LogP contribution in [0.15, 0.2) is 34.2 Å². The Morgan fingerprint density at radius 2 is 1.96 bits per heavy atom. The molecule has 25 heavy (non-hydrogen) atoms. The molecule has 6 heteroatoms. The fourth-order valence-corrected chi connectivity index (χ4v) is 2.31. The summed E-state index contributed by atoms with van der Waals surface area (Å²) in [6.07, 6.45) is 7.03. The zero-order valence-corrected chi connectivity index (χ0v) is 15.8. The minimum atomic E-state index is 0.0616. The quantitative estimate of drug-likeness (QED) is 0.326. The average Bonchev–Trinajstić information content (AvgIpc) is 2.62. The molecule has 0 amide bonds. The molecule has 1 aromatic heterocycles. The van der Waals surface area contributed by atoms with Crippen LogP contribution >= 0.6 is 0 Å². The number of nitrogens with one attached hydrogen (secondary N) is 2. The number of hydrogen-bond acceptors (Lipinski definition) is 3. The third-order valence-corrected chi connectivity index (χ3v) is 3.72. The largest absolute Gasteiger partial charge is 0.381 e. The average molecular weight is 351 g/mol. The fourth-order valence-electron chi connectivity index (χ4n) is 2.31. The predicted molar refractivity (Wildman–Crippen MR) is 104 cm³/mol. The highest BCUT2D eigenvalue weighted by atomic mass is 16.5. The second kappa shape index (κ2) is 14.5. The third kappa shape index (κ3) is 10.6. The van der Waals surface area contributed by atoms with E-state index in [0.717, 1.165) is 71.0 Å². The summed E-state index contributed by atoms with van der Waals surface area (Å²) in [6, 6.07) is 5.26. The van der Waals surface area contributed by atoms with Crippen molar-refractivity contribution in [3.05, 3.63) is 34.7 Å². The molecule has 0 fully saturated rings. The maximum Gasteiger partial charge on any atom is 0.250 e. The van der Waals surface area contributed by atoms with Crippen molar-refractivity contribution in [2.24, 2.45) is 4.99 Å². The van der Waals surface area contributed by atoms with Crippen LogP contribution in [0.5, 0.6) is 0 Å². The second-order valence-electron chi connectivity index (χ2n) is 5.95. The summed E-state index contributed by atoms with van der Waals surface area (Å²) in [4.78, 5) is 16.2. The van der Waals surface area contributed by atoms with Gasteiger partial charge in [-0.25, -0.2) is 0 Å². The van der Waals surface area contributed by atoms with E-state index in [1.165, 1.54) is 6.42 Å². The van der Waals surface area contributed by atoms with Crippen LogP contribution in [-0.2, 0) is 11.3 Å². The first-order chi connectivity index (χ1) is 12.3. The lowest BCUT2D eigenvalue weighted by Gasteiger charge is -2.11. The van der Waals surface area contributed by atoms with Gasteiger partial charge >= 0.3 is 0 Å². The number of unbranched alkanes of at least 4 members (excludes halogenated alkanes) is 2. The van der Waals surface area contributed by atoms with Gasteiger partial charge in [-0.15, -0.1) is 0 Å². The number of pyridine rings is 1. The van der Waals surface area contributed by atoms with Crippen LogP contribution in [0.3, 0.4) is 0 Å². The predicted octanol–water partition coefficient (Wildman–Crippen LogP) is 2.39. The molecule has 0 bridgehead atoms. The van der Waals surface area contributed by atoms with E-state index in [0.29, 0.717) is 0 Å². The Hall–Kier alpha value is -1.82. The number of guanidine groups is 1. The molecule has 142 valence electrons. The van der Waals surface area contributed by atoms with Crippen LogP contribution in [0.1, 0.15) is 46.0 Å². The van der Waals surface area contributed by atoms with Gasteiger partial charge in [0.25, 0.3) is 0 Å². The zero-order chi connectivity index (χ0) is 18.2. The fraction of sp³-hybridized carbons (Fsp3) is 0.684. The van der Waals surface area contributed by atoms with E-state index in [4.69, 9.17) is 4.74 Å². The van der Waals surface area contributed by atoms with Crippen molar-refractivity contribution in [1.82, 2.24) is 15.2 Å². The van der Waals surface area contributed by atoms with Crippen molar-refractivity contribution < 1.29 is 4.74 Å². The van der Waals surface area contributed by atoms with Crippen LogP contribution in [0, 0.1) is 0 Å². The molecule has 0 spiro atoms. The SMILES string of the molecule is CCCCOCCCN=C(NCC)NCCCCn1ccccc1=O. The van der Waals surface area contributed by atoms with Crippen LogP contribution in [0.2, 0.25) is 0 Å². The molecule has 0 aliphatic carbocycles. The molecular weight excluding hydrogens is 316 g/mol. The molecule has 0 atom stereocenters. The number of ether oxygens (including phenoxy) is 1. The van der Waals surface area contributed by atoms with Gasteiger partial charge in [0.05, 0.1) is 0 Å².